The molecular formula is C15H17FN2O3S. The first kappa shape index (κ1) is 16.3. The Hall–Kier alpha value is -2.12. The molecule has 0 unspecified atom stereocenters. The van der Waals surface area contributed by atoms with Crippen molar-refractivity contribution < 1.29 is 17.5 Å². The highest BCUT2D eigenvalue weighted by atomic mass is 32.2. The molecule has 0 atom stereocenters. The maximum Gasteiger partial charge on any atom is 0.243 e. The fourth-order valence-electron chi connectivity index (χ4n) is 1.98. The van der Waals surface area contributed by atoms with Crippen molar-refractivity contribution in [1.82, 2.24) is 4.31 Å². The highest BCUT2D eigenvalue weighted by molar-refractivity contribution is 7.89. The summed E-state index contributed by atoms with van der Waals surface area (Å²) in [6.45, 7) is 0.120. The Kier molecular flexibility index (Phi) is 4.68. The van der Waals surface area contributed by atoms with Gasteiger partial charge < -0.3 is 10.5 Å². The van der Waals surface area contributed by atoms with Crippen LogP contribution in [0.3, 0.4) is 0 Å². The zero-order chi connectivity index (χ0) is 16.3. The van der Waals surface area contributed by atoms with Gasteiger partial charge in [0.1, 0.15) is 0 Å². The smallest absolute Gasteiger partial charge is 0.243 e. The lowest BCUT2D eigenvalue weighted by atomic mass is 10.2. The van der Waals surface area contributed by atoms with Crippen molar-refractivity contribution >= 4 is 15.7 Å². The van der Waals surface area contributed by atoms with E-state index in [9.17, 15) is 12.8 Å². The molecule has 0 saturated carbocycles. The summed E-state index contributed by atoms with van der Waals surface area (Å²) in [6.07, 6.45) is 0. The molecule has 22 heavy (non-hydrogen) atoms. The number of benzene rings is 2. The monoisotopic (exact) mass is 324 g/mol. The molecule has 0 saturated heterocycles. The molecule has 0 aromatic heterocycles. The van der Waals surface area contributed by atoms with E-state index in [1.54, 1.807) is 24.3 Å². The summed E-state index contributed by atoms with van der Waals surface area (Å²) in [4.78, 5) is -0.0391. The van der Waals surface area contributed by atoms with Crippen LogP contribution in [0.1, 0.15) is 5.56 Å². The average Bonchev–Trinajstić information content (AvgIpc) is 2.49. The van der Waals surface area contributed by atoms with Gasteiger partial charge >= 0.3 is 0 Å². The van der Waals surface area contributed by atoms with E-state index in [-0.39, 0.29) is 17.2 Å². The van der Waals surface area contributed by atoms with E-state index in [0.717, 1.165) is 16.4 Å². The van der Waals surface area contributed by atoms with Gasteiger partial charge in [0.05, 0.1) is 12.0 Å². The number of hydrogen-bond donors (Lipinski definition) is 1. The van der Waals surface area contributed by atoms with Crippen LogP contribution < -0.4 is 10.5 Å². The number of nitrogens with two attached hydrogens (primary N) is 1. The van der Waals surface area contributed by atoms with E-state index in [1.807, 2.05) is 0 Å². The van der Waals surface area contributed by atoms with E-state index in [4.69, 9.17) is 10.5 Å². The van der Waals surface area contributed by atoms with Crippen molar-refractivity contribution in [1.29, 1.82) is 0 Å². The largest absolute Gasteiger partial charge is 0.494 e. The maximum absolute atomic E-state index is 13.4. The molecule has 2 N–H and O–H groups in total. The van der Waals surface area contributed by atoms with Gasteiger partial charge in [-0.15, -0.1) is 0 Å². The van der Waals surface area contributed by atoms with Crippen LogP contribution >= 0.6 is 0 Å². The summed E-state index contributed by atoms with van der Waals surface area (Å²) in [5, 5.41) is 0. The summed E-state index contributed by atoms with van der Waals surface area (Å²) in [7, 11) is -1.05. The van der Waals surface area contributed by atoms with Crippen LogP contribution in [-0.2, 0) is 16.6 Å². The molecule has 118 valence electrons. The third-order valence-electron chi connectivity index (χ3n) is 3.28. The molecule has 0 spiro atoms. The highest BCUT2D eigenvalue weighted by Crippen LogP contribution is 2.24. The second-order valence-corrected chi connectivity index (χ2v) is 6.80. The second kappa shape index (κ2) is 6.33. The Morgan fingerprint density at radius 2 is 1.91 bits per heavy atom. The number of para-hydroxylation sites is 1. The molecule has 0 fully saturated rings. The zero-order valence-corrected chi connectivity index (χ0v) is 13.1. The first-order valence-electron chi connectivity index (χ1n) is 6.49. The summed E-state index contributed by atoms with van der Waals surface area (Å²) >= 11 is 0. The van der Waals surface area contributed by atoms with Crippen molar-refractivity contribution in [2.45, 2.75) is 11.4 Å². The lowest BCUT2D eigenvalue weighted by Crippen LogP contribution is -2.27. The van der Waals surface area contributed by atoms with Gasteiger partial charge in [-0.05, 0) is 23.8 Å². The second-order valence-electron chi connectivity index (χ2n) is 4.76. The Bertz CT molecular complexity index is 778. The van der Waals surface area contributed by atoms with Crippen LogP contribution in [0, 0.1) is 5.82 Å². The number of nitrogen functional groups attached to an aromatic ring is 1. The van der Waals surface area contributed by atoms with Gasteiger partial charge in [-0.25, -0.2) is 12.8 Å². The van der Waals surface area contributed by atoms with Crippen molar-refractivity contribution in [3.63, 3.8) is 0 Å². The number of ether oxygens (including phenoxy) is 1. The van der Waals surface area contributed by atoms with E-state index in [2.05, 4.69) is 0 Å². The van der Waals surface area contributed by atoms with E-state index in [0.29, 0.717) is 11.3 Å². The first-order valence-corrected chi connectivity index (χ1v) is 7.93. The number of rotatable bonds is 5. The van der Waals surface area contributed by atoms with Crippen molar-refractivity contribution in [2.75, 3.05) is 19.9 Å². The number of nitrogens with zero attached hydrogens (tertiary/aromatic N) is 1. The molecular weight excluding hydrogens is 307 g/mol. The van der Waals surface area contributed by atoms with Crippen molar-refractivity contribution in [3.8, 4) is 5.75 Å². The normalized spacial score (nSPS) is 11.6. The van der Waals surface area contributed by atoms with Gasteiger partial charge in [-0.1, -0.05) is 18.2 Å². The summed E-state index contributed by atoms with van der Waals surface area (Å²) < 4.78 is 44.5. The van der Waals surface area contributed by atoms with E-state index in [1.165, 1.54) is 20.2 Å². The fraction of sp³-hybridized carbons (Fsp3) is 0.200. The van der Waals surface area contributed by atoms with Crippen LogP contribution in [0.25, 0.3) is 0 Å². The number of anilines is 1. The molecule has 0 heterocycles. The summed E-state index contributed by atoms with van der Waals surface area (Å²) in [5.41, 5.74) is 7.04. The summed E-state index contributed by atoms with van der Waals surface area (Å²) in [6, 6.07) is 10.5. The highest BCUT2D eigenvalue weighted by Gasteiger charge is 2.23. The van der Waals surface area contributed by atoms with Gasteiger partial charge in [0.25, 0.3) is 0 Å². The van der Waals surface area contributed by atoms with Gasteiger partial charge in [0.2, 0.25) is 10.0 Å². The molecule has 7 heteroatoms. The lowest BCUT2D eigenvalue weighted by molar-refractivity contribution is 0.384. The molecule has 0 aliphatic carbocycles. The molecule has 0 bridgehead atoms. The van der Waals surface area contributed by atoms with Crippen LogP contribution in [0.5, 0.6) is 5.75 Å². The number of methoxy groups -OCH3 is 1. The molecule has 0 aliphatic heterocycles. The lowest BCUT2D eigenvalue weighted by Gasteiger charge is -2.18. The molecule has 2 aromatic rings. The maximum atomic E-state index is 13.4. The average molecular weight is 324 g/mol. The van der Waals surface area contributed by atoms with E-state index >= 15 is 0 Å². The minimum Gasteiger partial charge on any atom is -0.494 e. The predicted octanol–water partition coefficient (Wildman–Crippen LogP) is 2.24. The van der Waals surface area contributed by atoms with Crippen LogP contribution in [0.15, 0.2) is 47.4 Å². The van der Waals surface area contributed by atoms with E-state index < -0.39 is 15.8 Å². The third-order valence-corrected chi connectivity index (χ3v) is 5.08. The molecule has 2 aromatic carbocycles. The Balaban J connectivity index is 2.32. The molecule has 0 aliphatic rings. The number of hydrogen-bond acceptors (Lipinski definition) is 4. The van der Waals surface area contributed by atoms with Gasteiger partial charge in [0, 0.05) is 25.3 Å². The minimum atomic E-state index is -3.77. The SMILES string of the molecule is COc1cc(S(=O)(=O)N(C)Cc2ccccc2N)ccc1F. The standard InChI is InChI=1S/C15H17FN2O3S/c1-18(10-11-5-3-4-6-14(11)17)22(19,20)12-7-8-13(16)15(9-12)21-2/h3-9H,10,17H2,1-2H3. The zero-order valence-electron chi connectivity index (χ0n) is 12.3. The Labute approximate surface area is 129 Å². The van der Waals surface area contributed by atoms with Crippen molar-refractivity contribution in [2.24, 2.45) is 0 Å². The van der Waals surface area contributed by atoms with Crippen LogP contribution in [0.4, 0.5) is 10.1 Å². The molecule has 5 nitrogen and oxygen atoms in total. The summed E-state index contributed by atoms with van der Waals surface area (Å²) in [5.74, 6) is -0.731. The Morgan fingerprint density at radius 1 is 1.23 bits per heavy atom. The topological polar surface area (TPSA) is 72.6 Å². The predicted molar refractivity (Wildman–Crippen MR) is 82.5 cm³/mol. The molecule has 2 rings (SSSR count). The van der Waals surface area contributed by atoms with Crippen LogP contribution in [0.2, 0.25) is 0 Å². The fourth-order valence-corrected chi connectivity index (χ4v) is 3.15. The molecule has 0 amide bonds. The first-order chi connectivity index (χ1) is 10.4. The number of halogens is 1. The van der Waals surface area contributed by atoms with Crippen molar-refractivity contribution in [3.05, 3.63) is 53.8 Å². The Morgan fingerprint density at radius 3 is 2.55 bits per heavy atom. The van der Waals surface area contributed by atoms with Gasteiger partial charge in [-0.2, -0.15) is 4.31 Å². The third kappa shape index (κ3) is 3.20. The minimum absolute atomic E-state index is 0.0391. The van der Waals surface area contributed by atoms with Gasteiger partial charge in [-0.3, -0.25) is 0 Å². The van der Waals surface area contributed by atoms with Crippen LogP contribution in [-0.4, -0.2) is 26.9 Å². The van der Waals surface area contributed by atoms with Gasteiger partial charge in [0.15, 0.2) is 11.6 Å². The quantitative estimate of drug-likeness (QED) is 0.856. The molecule has 0 radical (unpaired) electrons. The number of sulfonamides is 1.